The molecule has 128 valence electrons. The fourth-order valence-electron chi connectivity index (χ4n) is 2.51. The lowest BCUT2D eigenvalue weighted by Gasteiger charge is -2.48. The fourth-order valence-corrected chi connectivity index (χ4v) is 3.32. The van der Waals surface area contributed by atoms with Crippen molar-refractivity contribution < 1.29 is 32.6 Å². The lowest BCUT2D eigenvalue weighted by atomic mass is 9.83. The highest BCUT2D eigenvalue weighted by Crippen LogP contribution is 2.47. The molecule has 6 nitrogen and oxygen atoms in total. The van der Waals surface area contributed by atoms with Crippen molar-refractivity contribution >= 4 is 23.3 Å². The lowest BCUT2D eigenvalue weighted by molar-refractivity contribution is -0.328. The molecule has 10 heteroatoms. The summed E-state index contributed by atoms with van der Waals surface area (Å²) in [5, 5.41) is 14.2. The van der Waals surface area contributed by atoms with Crippen LogP contribution in [0.5, 0.6) is 0 Å². The Bertz CT molecular complexity index is 593. The summed E-state index contributed by atoms with van der Waals surface area (Å²) >= 11 is 1.06. The molecule has 2 amide bonds. The van der Waals surface area contributed by atoms with Crippen LogP contribution in [0.4, 0.5) is 18.0 Å². The Balaban J connectivity index is 2.59. The minimum absolute atomic E-state index is 0.0820. The molecule has 1 saturated heterocycles. The summed E-state index contributed by atoms with van der Waals surface area (Å²) in [6.45, 7) is 1.29. The standard InChI is InChI=1S/C13H15F3N2O4S/c1-3-22-10(19)8-9(7-5-4-6-23-7)17-11(20)18(2)12(8,21)13(14,15)16/h4-6,8-9,21H,3H2,1-2H3,(H,17,20)/t8-,9+,12-/m1/s1. The average Bonchev–Trinajstić information content (AvgIpc) is 2.97. The maximum absolute atomic E-state index is 13.5. The molecule has 1 fully saturated rings. The molecular weight excluding hydrogens is 337 g/mol. The Kier molecular flexibility index (Phi) is 4.58. The number of aliphatic hydroxyl groups is 1. The first-order chi connectivity index (χ1) is 10.6. The SMILES string of the molecule is CCOC(=O)[C@H]1[C@H](c2cccs2)NC(=O)N(C)[C@]1(O)C(F)(F)F. The first-order valence-corrected chi connectivity index (χ1v) is 7.56. The number of ether oxygens (including phenoxy) is 1. The highest BCUT2D eigenvalue weighted by atomic mass is 32.1. The summed E-state index contributed by atoms with van der Waals surface area (Å²) < 4.78 is 45.3. The number of hydrogen-bond acceptors (Lipinski definition) is 5. The third-order valence-electron chi connectivity index (χ3n) is 3.67. The predicted molar refractivity (Wildman–Crippen MR) is 74.5 cm³/mol. The molecule has 1 aliphatic heterocycles. The molecule has 2 rings (SSSR count). The number of halogens is 3. The highest BCUT2D eigenvalue weighted by molar-refractivity contribution is 7.10. The van der Waals surface area contributed by atoms with E-state index in [0.29, 0.717) is 4.88 Å². The molecule has 23 heavy (non-hydrogen) atoms. The van der Waals surface area contributed by atoms with Gasteiger partial charge in [0.25, 0.3) is 5.72 Å². The van der Waals surface area contributed by atoms with Crippen LogP contribution in [0.3, 0.4) is 0 Å². The van der Waals surface area contributed by atoms with Crippen molar-refractivity contribution in [1.82, 2.24) is 10.2 Å². The number of urea groups is 1. The topological polar surface area (TPSA) is 78.9 Å². The van der Waals surface area contributed by atoms with Crippen molar-refractivity contribution in [3.05, 3.63) is 22.4 Å². The Morgan fingerprint density at radius 1 is 1.57 bits per heavy atom. The van der Waals surface area contributed by atoms with Crippen LogP contribution in [0.15, 0.2) is 17.5 Å². The van der Waals surface area contributed by atoms with Gasteiger partial charge in [0.05, 0.1) is 12.6 Å². The second-order valence-corrected chi connectivity index (χ2v) is 5.93. The third kappa shape index (κ3) is 2.76. The molecule has 1 aliphatic rings. The van der Waals surface area contributed by atoms with Gasteiger partial charge < -0.3 is 15.2 Å². The minimum Gasteiger partial charge on any atom is -0.466 e. The lowest BCUT2D eigenvalue weighted by Crippen LogP contribution is -2.73. The molecule has 1 aromatic rings. The quantitative estimate of drug-likeness (QED) is 0.814. The summed E-state index contributed by atoms with van der Waals surface area (Å²) in [5.41, 5.74) is -3.67. The largest absolute Gasteiger partial charge is 0.466 e. The number of nitrogens with one attached hydrogen (secondary N) is 1. The van der Waals surface area contributed by atoms with Crippen LogP contribution in [-0.2, 0) is 9.53 Å². The molecule has 0 radical (unpaired) electrons. The van der Waals surface area contributed by atoms with E-state index in [2.05, 4.69) is 5.32 Å². The Morgan fingerprint density at radius 3 is 2.70 bits per heavy atom. The summed E-state index contributed by atoms with van der Waals surface area (Å²) in [6, 6.07) is 0.566. The number of alkyl halides is 3. The Morgan fingerprint density at radius 2 is 2.22 bits per heavy atom. The Hall–Kier alpha value is -1.81. The second-order valence-electron chi connectivity index (χ2n) is 4.96. The van der Waals surface area contributed by atoms with E-state index in [0.717, 1.165) is 18.4 Å². The summed E-state index contributed by atoms with van der Waals surface area (Å²) in [6.07, 6.45) is -5.24. The second kappa shape index (κ2) is 6.00. The summed E-state index contributed by atoms with van der Waals surface area (Å²) in [4.78, 5) is 24.5. The molecule has 0 aliphatic carbocycles. The zero-order chi connectivity index (χ0) is 17.4. The number of carbonyl (C=O) groups excluding carboxylic acids is 2. The van der Waals surface area contributed by atoms with E-state index >= 15 is 0 Å². The van der Waals surface area contributed by atoms with Gasteiger partial charge in [0.15, 0.2) is 0 Å². The molecular formula is C13H15F3N2O4S. The average molecular weight is 352 g/mol. The van der Waals surface area contributed by atoms with Gasteiger partial charge in [-0.1, -0.05) is 6.07 Å². The van der Waals surface area contributed by atoms with Crippen LogP contribution < -0.4 is 5.32 Å². The van der Waals surface area contributed by atoms with Crippen LogP contribution in [0.25, 0.3) is 0 Å². The molecule has 0 aromatic carbocycles. The van der Waals surface area contributed by atoms with E-state index in [9.17, 15) is 27.9 Å². The van der Waals surface area contributed by atoms with E-state index in [1.54, 1.807) is 11.4 Å². The number of hydrogen-bond donors (Lipinski definition) is 2. The smallest absolute Gasteiger partial charge is 0.437 e. The van der Waals surface area contributed by atoms with Gasteiger partial charge in [-0.2, -0.15) is 13.2 Å². The molecule has 2 heterocycles. The first-order valence-electron chi connectivity index (χ1n) is 6.68. The monoisotopic (exact) mass is 352 g/mol. The number of rotatable bonds is 3. The van der Waals surface area contributed by atoms with Crippen molar-refractivity contribution in [2.75, 3.05) is 13.7 Å². The van der Waals surface area contributed by atoms with Crippen molar-refractivity contribution in [3.63, 3.8) is 0 Å². The van der Waals surface area contributed by atoms with E-state index in [1.165, 1.54) is 13.0 Å². The van der Waals surface area contributed by atoms with Crippen LogP contribution in [-0.4, -0.2) is 47.6 Å². The van der Waals surface area contributed by atoms with E-state index in [-0.39, 0.29) is 11.5 Å². The van der Waals surface area contributed by atoms with Crippen molar-refractivity contribution in [3.8, 4) is 0 Å². The van der Waals surface area contributed by atoms with Gasteiger partial charge in [0.2, 0.25) is 0 Å². The third-order valence-corrected chi connectivity index (χ3v) is 4.62. The van der Waals surface area contributed by atoms with Gasteiger partial charge in [-0.3, -0.25) is 9.69 Å². The molecule has 1 aromatic heterocycles. The molecule has 0 spiro atoms. The van der Waals surface area contributed by atoms with Gasteiger partial charge in [-0.25, -0.2) is 4.79 Å². The van der Waals surface area contributed by atoms with E-state index < -0.39 is 35.9 Å². The predicted octanol–water partition coefficient (Wildman–Crippen LogP) is 1.87. The maximum atomic E-state index is 13.5. The normalized spacial score (nSPS) is 28.4. The first kappa shape index (κ1) is 17.5. The summed E-state index contributed by atoms with van der Waals surface area (Å²) in [7, 11) is 0.777. The maximum Gasteiger partial charge on any atom is 0.437 e. The van der Waals surface area contributed by atoms with Gasteiger partial charge in [0, 0.05) is 11.9 Å². The molecule has 0 saturated carbocycles. The number of esters is 1. The van der Waals surface area contributed by atoms with E-state index in [1.807, 2.05) is 0 Å². The number of amides is 2. The van der Waals surface area contributed by atoms with E-state index in [4.69, 9.17) is 4.74 Å². The summed E-state index contributed by atoms with van der Waals surface area (Å²) in [5.74, 6) is -3.29. The van der Waals surface area contributed by atoms with Crippen molar-refractivity contribution in [2.24, 2.45) is 5.92 Å². The number of nitrogens with zero attached hydrogens (tertiary/aromatic N) is 1. The van der Waals surface area contributed by atoms with Crippen molar-refractivity contribution in [1.29, 1.82) is 0 Å². The minimum atomic E-state index is -5.24. The van der Waals surface area contributed by atoms with Gasteiger partial charge in [-0.05, 0) is 18.4 Å². The Labute approximate surface area is 133 Å². The van der Waals surface area contributed by atoms with Crippen LogP contribution >= 0.6 is 11.3 Å². The fraction of sp³-hybridized carbons (Fsp3) is 0.538. The van der Waals surface area contributed by atoms with Crippen LogP contribution in [0.1, 0.15) is 17.8 Å². The number of thiophene rings is 1. The molecule has 0 unspecified atom stereocenters. The highest BCUT2D eigenvalue weighted by Gasteiger charge is 2.69. The van der Waals surface area contributed by atoms with Crippen LogP contribution in [0.2, 0.25) is 0 Å². The van der Waals surface area contributed by atoms with Gasteiger partial charge in [0.1, 0.15) is 5.92 Å². The van der Waals surface area contributed by atoms with Gasteiger partial charge >= 0.3 is 18.2 Å². The molecule has 0 bridgehead atoms. The number of carbonyl (C=O) groups is 2. The zero-order valence-corrected chi connectivity index (χ0v) is 13.1. The van der Waals surface area contributed by atoms with Crippen molar-refractivity contribution in [2.45, 2.75) is 24.9 Å². The molecule has 3 atom stereocenters. The van der Waals surface area contributed by atoms with Crippen LogP contribution in [0, 0.1) is 5.92 Å². The molecule has 2 N–H and O–H groups in total. The van der Waals surface area contributed by atoms with Gasteiger partial charge in [-0.15, -0.1) is 11.3 Å². The zero-order valence-electron chi connectivity index (χ0n) is 12.3.